The van der Waals surface area contributed by atoms with Gasteiger partial charge < -0.3 is 20.1 Å². The largest absolute Gasteiger partial charge is 0.504 e. The van der Waals surface area contributed by atoms with E-state index >= 15 is 0 Å². The van der Waals surface area contributed by atoms with Crippen molar-refractivity contribution in [2.75, 3.05) is 5.32 Å². The molecule has 6 nitrogen and oxygen atoms in total. The molecule has 0 fully saturated rings. The van der Waals surface area contributed by atoms with E-state index in [1.807, 2.05) is 6.92 Å². The summed E-state index contributed by atoms with van der Waals surface area (Å²) in [6, 6.07) is 4.64. The predicted molar refractivity (Wildman–Crippen MR) is 82.4 cm³/mol. The lowest BCUT2D eigenvalue weighted by Gasteiger charge is -2.31. The monoisotopic (exact) mass is 312 g/mol. The van der Waals surface area contributed by atoms with Crippen molar-refractivity contribution in [3.8, 4) is 11.5 Å². The van der Waals surface area contributed by atoms with Crippen molar-refractivity contribution in [2.24, 2.45) is 0 Å². The number of rotatable bonds is 1. The molecule has 23 heavy (non-hydrogen) atoms. The van der Waals surface area contributed by atoms with Gasteiger partial charge in [0.15, 0.2) is 17.3 Å². The van der Waals surface area contributed by atoms with Crippen LogP contribution in [0.4, 0.5) is 5.88 Å². The van der Waals surface area contributed by atoms with Crippen LogP contribution < -0.4 is 5.32 Å². The number of carbonyl (C=O) groups excluding carboxylic acids is 1. The van der Waals surface area contributed by atoms with Gasteiger partial charge in [0.1, 0.15) is 0 Å². The molecule has 1 unspecified atom stereocenters. The Morgan fingerprint density at radius 2 is 2.09 bits per heavy atom. The fraction of sp³-hybridized carbons (Fsp3) is 0.294. The number of Topliss-reactive ketones (excluding diaryl/α,β-unsaturated/α-hetero) is 1. The zero-order valence-electron chi connectivity index (χ0n) is 12.6. The lowest BCUT2D eigenvalue weighted by molar-refractivity contribution is -0.116. The SMILES string of the molecule is Cc1noc2c1C(c1ccc(O)c(O)c1)C1=C(CCCC1=O)N2. The lowest BCUT2D eigenvalue weighted by atomic mass is 9.76. The number of hydrogen-bond donors (Lipinski definition) is 3. The Kier molecular flexibility index (Phi) is 2.94. The van der Waals surface area contributed by atoms with Crippen molar-refractivity contribution in [1.29, 1.82) is 0 Å². The van der Waals surface area contributed by atoms with Gasteiger partial charge in [-0.1, -0.05) is 11.2 Å². The lowest BCUT2D eigenvalue weighted by Crippen LogP contribution is -2.26. The Morgan fingerprint density at radius 1 is 1.26 bits per heavy atom. The van der Waals surface area contributed by atoms with E-state index in [0.29, 0.717) is 23.6 Å². The van der Waals surface area contributed by atoms with Gasteiger partial charge in [0, 0.05) is 23.6 Å². The number of ketones is 1. The number of aromatic nitrogens is 1. The highest BCUT2D eigenvalue weighted by Gasteiger charge is 2.38. The average molecular weight is 312 g/mol. The first-order valence-electron chi connectivity index (χ1n) is 7.57. The number of allylic oxidation sites excluding steroid dienone is 2. The topological polar surface area (TPSA) is 95.6 Å². The van der Waals surface area contributed by atoms with Crippen LogP contribution in [0.2, 0.25) is 0 Å². The molecule has 6 heteroatoms. The first-order valence-corrected chi connectivity index (χ1v) is 7.57. The number of nitrogens with zero attached hydrogens (tertiary/aromatic N) is 1. The fourth-order valence-electron chi connectivity index (χ4n) is 3.47. The quantitative estimate of drug-likeness (QED) is 0.701. The van der Waals surface area contributed by atoms with E-state index < -0.39 is 0 Å². The summed E-state index contributed by atoms with van der Waals surface area (Å²) in [4.78, 5) is 12.5. The Balaban J connectivity index is 1.95. The second-order valence-corrected chi connectivity index (χ2v) is 5.99. The van der Waals surface area contributed by atoms with E-state index in [0.717, 1.165) is 29.7 Å². The van der Waals surface area contributed by atoms with Gasteiger partial charge in [-0.3, -0.25) is 4.79 Å². The van der Waals surface area contributed by atoms with Crippen LogP contribution in [0.3, 0.4) is 0 Å². The molecule has 2 aromatic rings. The molecule has 0 saturated carbocycles. The smallest absolute Gasteiger partial charge is 0.233 e. The number of nitrogens with one attached hydrogen (secondary N) is 1. The molecular formula is C17H16N2O4. The standard InChI is InChI=1S/C17H16N2O4/c1-8-14-15(9-5-6-11(20)13(22)7-9)16-10(3-2-4-12(16)21)18-17(14)23-19-8/h5-7,15,18,20,22H,2-4H2,1H3. The maximum atomic E-state index is 12.5. The highest BCUT2D eigenvalue weighted by Crippen LogP contribution is 2.47. The third kappa shape index (κ3) is 2.02. The zero-order valence-corrected chi connectivity index (χ0v) is 12.6. The van der Waals surface area contributed by atoms with Crippen LogP contribution in [0, 0.1) is 6.92 Å². The van der Waals surface area contributed by atoms with Gasteiger partial charge in [0.25, 0.3) is 0 Å². The maximum Gasteiger partial charge on any atom is 0.233 e. The Bertz CT molecular complexity index is 850. The number of phenols is 2. The summed E-state index contributed by atoms with van der Waals surface area (Å²) in [7, 11) is 0. The number of fused-ring (bicyclic) bond motifs is 1. The summed E-state index contributed by atoms with van der Waals surface area (Å²) in [6.07, 6.45) is 2.10. The molecule has 1 aliphatic heterocycles. The summed E-state index contributed by atoms with van der Waals surface area (Å²) < 4.78 is 5.36. The molecule has 0 amide bonds. The Hall–Kier alpha value is -2.76. The summed E-state index contributed by atoms with van der Waals surface area (Å²) in [6.45, 7) is 1.83. The van der Waals surface area contributed by atoms with Crippen molar-refractivity contribution in [3.63, 3.8) is 0 Å². The van der Waals surface area contributed by atoms with Crippen molar-refractivity contribution in [2.45, 2.75) is 32.1 Å². The van der Waals surface area contributed by atoms with Crippen molar-refractivity contribution < 1.29 is 19.5 Å². The van der Waals surface area contributed by atoms with Crippen LogP contribution >= 0.6 is 0 Å². The number of aromatic hydroxyl groups is 2. The first kappa shape index (κ1) is 13.9. The minimum Gasteiger partial charge on any atom is -0.504 e. The summed E-state index contributed by atoms with van der Waals surface area (Å²) in [5, 5.41) is 26.6. The van der Waals surface area contributed by atoms with E-state index in [1.165, 1.54) is 12.1 Å². The number of hydrogen-bond acceptors (Lipinski definition) is 6. The van der Waals surface area contributed by atoms with Gasteiger partial charge in [-0.25, -0.2) is 0 Å². The third-order valence-electron chi connectivity index (χ3n) is 4.54. The second kappa shape index (κ2) is 4.87. The van der Waals surface area contributed by atoms with E-state index in [9.17, 15) is 15.0 Å². The normalized spacial score (nSPS) is 20.0. The molecule has 1 aromatic heterocycles. The van der Waals surface area contributed by atoms with Crippen LogP contribution in [0.1, 0.15) is 42.0 Å². The molecule has 4 rings (SSSR count). The van der Waals surface area contributed by atoms with E-state index in [4.69, 9.17) is 4.52 Å². The Morgan fingerprint density at radius 3 is 2.87 bits per heavy atom. The summed E-state index contributed by atoms with van der Waals surface area (Å²) in [5.74, 6) is -0.0842. The minimum absolute atomic E-state index is 0.0996. The molecule has 0 bridgehead atoms. The van der Waals surface area contributed by atoms with E-state index in [2.05, 4.69) is 10.5 Å². The van der Waals surface area contributed by atoms with E-state index in [1.54, 1.807) is 6.07 Å². The van der Waals surface area contributed by atoms with Crippen LogP contribution in [0.25, 0.3) is 0 Å². The average Bonchev–Trinajstić information content (AvgIpc) is 2.90. The van der Waals surface area contributed by atoms with Crippen LogP contribution in [-0.2, 0) is 4.79 Å². The zero-order chi connectivity index (χ0) is 16.1. The summed E-state index contributed by atoms with van der Waals surface area (Å²) in [5.41, 5.74) is 3.82. The fourth-order valence-corrected chi connectivity index (χ4v) is 3.47. The summed E-state index contributed by atoms with van der Waals surface area (Å²) >= 11 is 0. The van der Waals surface area contributed by atoms with Crippen LogP contribution in [0.15, 0.2) is 34.0 Å². The van der Waals surface area contributed by atoms with Gasteiger partial charge in [-0.15, -0.1) is 0 Å². The molecule has 1 aliphatic carbocycles. The number of anilines is 1. The molecule has 1 atom stereocenters. The van der Waals surface area contributed by atoms with Crippen LogP contribution in [-0.4, -0.2) is 21.2 Å². The third-order valence-corrected chi connectivity index (χ3v) is 4.54. The Labute approximate surface area is 132 Å². The van der Waals surface area contributed by atoms with Crippen molar-refractivity contribution in [3.05, 3.63) is 46.3 Å². The van der Waals surface area contributed by atoms with E-state index in [-0.39, 0.29) is 23.2 Å². The first-order chi connectivity index (χ1) is 11.1. The number of benzene rings is 1. The highest BCUT2D eigenvalue weighted by molar-refractivity contribution is 6.01. The molecule has 0 spiro atoms. The molecule has 1 aromatic carbocycles. The van der Waals surface area contributed by atoms with Crippen molar-refractivity contribution >= 4 is 11.7 Å². The predicted octanol–water partition coefficient (Wildman–Crippen LogP) is 2.96. The van der Waals surface area contributed by atoms with Gasteiger partial charge in [-0.2, -0.15) is 0 Å². The van der Waals surface area contributed by atoms with Gasteiger partial charge in [0.2, 0.25) is 5.88 Å². The molecule has 2 heterocycles. The highest BCUT2D eigenvalue weighted by atomic mass is 16.5. The molecule has 0 radical (unpaired) electrons. The second-order valence-electron chi connectivity index (χ2n) is 5.99. The van der Waals surface area contributed by atoms with Gasteiger partial charge in [-0.05, 0) is 37.5 Å². The minimum atomic E-state index is -0.341. The molecule has 118 valence electrons. The van der Waals surface area contributed by atoms with Gasteiger partial charge in [0.05, 0.1) is 11.3 Å². The van der Waals surface area contributed by atoms with Crippen molar-refractivity contribution in [1.82, 2.24) is 5.16 Å². The molecule has 0 saturated heterocycles. The number of phenolic OH excluding ortho intramolecular Hbond substituents is 2. The number of aryl methyl sites for hydroxylation is 1. The number of carbonyl (C=O) groups is 1. The maximum absolute atomic E-state index is 12.5. The molecular weight excluding hydrogens is 296 g/mol. The molecule has 3 N–H and O–H groups in total. The van der Waals surface area contributed by atoms with Gasteiger partial charge >= 0.3 is 0 Å². The molecule has 2 aliphatic rings. The van der Waals surface area contributed by atoms with Crippen LogP contribution in [0.5, 0.6) is 11.5 Å².